The molecule has 0 N–H and O–H groups in total. The summed E-state index contributed by atoms with van der Waals surface area (Å²) in [6.07, 6.45) is 0.211. The Hall–Kier alpha value is -1.75. The highest BCUT2D eigenvalue weighted by molar-refractivity contribution is 5.83. The summed E-state index contributed by atoms with van der Waals surface area (Å²) in [7, 11) is 0. The SMILES string of the molecule is Cc1c(C)c(N([O-])C=O)c(C)c(C)c1N=O. The largest absolute Gasteiger partial charge is 0.752 e. The summed E-state index contributed by atoms with van der Waals surface area (Å²) in [4.78, 5) is 21.2. The van der Waals surface area contributed by atoms with Crippen LogP contribution in [0.15, 0.2) is 5.18 Å². The first kappa shape index (κ1) is 12.3. The van der Waals surface area contributed by atoms with Crippen LogP contribution in [0.2, 0.25) is 0 Å². The van der Waals surface area contributed by atoms with E-state index in [9.17, 15) is 14.9 Å². The summed E-state index contributed by atoms with van der Waals surface area (Å²) in [6, 6.07) is 0. The van der Waals surface area contributed by atoms with Crippen LogP contribution in [-0.4, -0.2) is 6.41 Å². The lowest BCUT2D eigenvalue weighted by molar-refractivity contribution is -0.107. The molecule has 0 saturated heterocycles. The second-order valence-electron chi connectivity index (χ2n) is 3.72. The quantitative estimate of drug-likeness (QED) is 0.447. The third-order valence-corrected chi connectivity index (χ3v) is 2.95. The highest BCUT2D eigenvalue weighted by Gasteiger charge is 2.15. The number of benzene rings is 1. The minimum atomic E-state index is 0.211. The third-order valence-electron chi connectivity index (χ3n) is 2.95. The molecule has 0 aromatic heterocycles. The molecule has 5 nitrogen and oxygen atoms in total. The molecule has 1 amide bonds. The van der Waals surface area contributed by atoms with Gasteiger partial charge in [0.1, 0.15) is 5.69 Å². The van der Waals surface area contributed by atoms with E-state index in [0.29, 0.717) is 33.6 Å². The molecule has 1 aromatic rings. The summed E-state index contributed by atoms with van der Waals surface area (Å²) >= 11 is 0. The van der Waals surface area contributed by atoms with Gasteiger partial charge in [0.25, 0.3) is 0 Å². The van der Waals surface area contributed by atoms with Crippen molar-refractivity contribution in [1.82, 2.24) is 0 Å². The maximum Gasteiger partial charge on any atom is 0.203 e. The summed E-state index contributed by atoms with van der Waals surface area (Å²) in [5, 5.41) is 14.6. The summed E-state index contributed by atoms with van der Waals surface area (Å²) in [5.41, 5.74) is 3.14. The normalized spacial score (nSPS) is 10.1. The minimum absolute atomic E-state index is 0.211. The summed E-state index contributed by atoms with van der Waals surface area (Å²) in [6.45, 7) is 6.81. The molecule has 5 heteroatoms. The molecule has 0 fully saturated rings. The number of hydrogen-bond acceptors (Lipinski definition) is 4. The van der Waals surface area contributed by atoms with Gasteiger partial charge < -0.3 is 10.3 Å². The lowest BCUT2D eigenvalue weighted by Gasteiger charge is -2.29. The predicted octanol–water partition coefficient (Wildman–Crippen LogP) is 2.78. The molecule has 1 rings (SSSR count). The van der Waals surface area contributed by atoms with Crippen molar-refractivity contribution in [2.24, 2.45) is 5.18 Å². The van der Waals surface area contributed by atoms with Crippen LogP contribution in [0.25, 0.3) is 0 Å². The zero-order chi connectivity index (χ0) is 12.5. The number of nitrogens with zero attached hydrogens (tertiary/aromatic N) is 2. The van der Waals surface area contributed by atoms with Gasteiger partial charge in [-0.15, -0.1) is 4.91 Å². The molecule has 1 aromatic carbocycles. The Labute approximate surface area is 93.6 Å². The average Bonchev–Trinajstić information content (AvgIpc) is 2.27. The first-order chi connectivity index (χ1) is 7.45. The molecule has 0 bridgehead atoms. The molecule has 0 unspecified atom stereocenters. The molecule has 0 spiro atoms. The summed E-state index contributed by atoms with van der Waals surface area (Å²) in [5.74, 6) is 0. The van der Waals surface area contributed by atoms with E-state index in [1.807, 2.05) is 0 Å². The van der Waals surface area contributed by atoms with E-state index in [1.165, 1.54) is 0 Å². The van der Waals surface area contributed by atoms with Crippen molar-refractivity contribution in [2.75, 3.05) is 5.06 Å². The Bertz CT molecular complexity index is 426. The topological polar surface area (TPSA) is 72.8 Å². The molecule has 0 aliphatic rings. The first-order valence-electron chi connectivity index (χ1n) is 4.81. The van der Waals surface area contributed by atoms with Gasteiger partial charge in [-0.25, -0.2) is 0 Å². The van der Waals surface area contributed by atoms with Crippen LogP contribution < -0.4 is 5.06 Å². The standard InChI is InChI=1S/C11H13N2O3/c1-6-8(3)11(13(16)5-14)9(4)7(2)10(6)12-15/h5H,1-4H3/q-1. The zero-order valence-electron chi connectivity index (χ0n) is 9.70. The maximum atomic E-state index is 11.4. The Morgan fingerprint density at radius 2 is 1.50 bits per heavy atom. The van der Waals surface area contributed by atoms with Crippen molar-refractivity contribution in [3.8, 4) is 0 Å². The molecule has 0 atom stereocenters. The lowest BCUT2D eigenvalue weighted by Crippen LogP contribution is -2.15. The minimum Gasteiger partial charge on any atom is -0.752 e. The molecule has 0 aliphatic heterocycles. The number of carbonyl (C=O) groups excluding carboxylic acids is 1. The second kappa shape index (κ2) is 4.40. The van der Waals surface area contributed by atoms with Crippen LogP contribution in [-0.2, 0) is 4.79 Å². The number of hydroxylamine groups is 1. The fraction of sp³-hybridized carbons (Fsp3) is 0.364. The molecule has 0 radical (unpaired) electrons. The molecular weight excluding hydrogens is 208 g/mol. The van der Waals surface area contributed by atoms with Crippen molar-refractivity contribution in [3.05, 3.63) is 32.4 Å². The lowest BCUT2D eigenvalue weighted by atomic mass is 9.96. The van der Waals surface area contributed by atoms with Gasteiger partial charge in [-0.3, -0.25) is 4.79 Å². The highest BCUT2D eigenvalue weighted by atomic mass is 16.5. The van der Waals surface area contributed by atoms with Crippen LogP contribution in [0, 0.1) is 37.8 Å². The van der Waals surface area contributed by atoms with Gasteiger partial charge in [0.05, 0.1) is 0 Å². The van der Waals surface area contributed by atoms with Crippen LogP contribution in [0.3, 0.4) is 0 Å². The maximum absolute atomic E-state index is 11.4. The van der Waals surface area contributed by atoms with E-state index in [0.717, 1.165) is 0 Å². The van der Waals surface area contributed by atoms with Crippen LogP contribution in [0.5, 0.6) is 0 Å². The molecule has 0 saturated carbocycles. The molecular formula is C11H13N2O3-. The highest BCUT2D eigenvalue weighted by Crippen LogP contribution is 2.36. The van der Waals surface area contributed by atoms with Gasteiger partial charge in [0, 0.05) is 5.69 Å². The smallest absolute Gasteiger partial charge is 0.203 e. The molecule has 86 valence electrons. The fourth-order valence-corrected chi connectivity index (χ4v) is 1.79. The van der Waals surface area contributed by atoms with Gasteiger partial charge in [-0.05, 0) is 55.1 Å². The van der Waals surface area contributed by atoms with E-state index >= 15 is 0 Å². The van der Waals surface area contributed by atoms with E-state index in [-0.39, 0.29) is 11.5 Å². The van der Waals surface area contributed by atoms with Crippen molar-refractivity contribution in [1.29, 1.82) is 0 Å². The number of amides is 1. The summed E-state index contributed by atoms with van der Waals surface area (Å²) < 4.78 is 0. The van der Waals surface area contributed by atoms with Crippen molar-refractivity contribution < 1.29 is 4.79 Å². The van der Waals surface area contributed by atoms with Crippen molar-refractivity contribution >= 4 is 17.8 Å². The van der Waals surface area contributed by atoms with Gasteiger partial charge in [-0.1, -0.05) is 0 Å². The van der Waals surface area contributed by atoms with Crippen molar-refractivity contribution in [2.45, 2.75) is 27.7 Å². The van der Waals surface area contributed by atoms with E-state index < -0.39 is 0 Å². The van der Waals surface area contributed by atoms with Gasteiger partial charge in [-0.2, -0.15) is 0 Å². The fourth-order valence-electron chi connectivity index (χ4n) is 1.79. The van der Waals surface area contributed by atoms with Gasteiger partial charge in [0.15, 0.2) is 0 Å². The monoisotopic (exact) mass is 221 g/mol. The van der Waals surface area contributed by atoms with Crippen molar-refractivity contribution in [3.63, 3.8) is 0 Å². The number of carbonyl (C=O) groups is 1. The number of hydrogen-bond donors (Lipinski definition) is 0. The van der Waals surface area contributed by atoms with Crippen LogP contribution >= 0.6 is 0 Å². The van der Waals surface area contributed by atoms with E-state index in [4.69, 9.17) is 0 Å². The molecule has 0 heterocycles. The predicted molar refractivity (Wildman–Crippen MR) is 62.8 cm³/mol. The molecule has 0 aliphatic carbocycles. The Morgan fingerprint density at radius 1 is 1.06 bits per heavy atom. The Balaban J connectivity index is 3.65. The second-order valence-corrected chi connectivity index (χ2v) is 3.72. The van der Waals surface area contributed by atoms with E-state index in [1.54, 1.807) is 27.7 Å². The van der Waals surface area contributed by atoms with Gasteiger partial charge in [0.2, 0.25) is 6.41 Å². The third kappa shape index (κ3) is 1.69. The van der Waals surface area contributed by atoms with Gasteiger partial charge >= 0.3 is 0 Å². The van der Waals surface area contributed by atoms with E-state index in [2.05, 4.69) is 5.18 Å². The Kier molecular flexibility index (Phi) is 3.39. The zero-order valence-corrected chi connectivity index (χ0v) is 9.70. The van der Waals surface area contributed by atoms with Crippen LogP contribution in [0.4, 0.5) is 11.4 Å². The molecule has 16 heavy (non-hydrogen) atoms. The Morgan fingerprint density at radius 3 is 1.81 bits per heavy atom. The van der Waals surface area contributed by atoms with Crippen LogP contribution in [0.1, 0.15) is 22.3 Å². The number of nitroso groups, excluding NO2 is 1. The number of rotatable bonds is 3. The average molecular weight is 221 g/mol. The first-order valence-corrected chi connectivity index (χ1v) is 4.81. The number of anilines is 1.